The van der Waals surface area contributed by atoms with Gasteiger partial charge in [-0.05, 0) is 38.5 Å². The fourth-order valence-corrected chi connectivity index (χ4v) is 3.94. The molecule has 2 aromatic heterocycles. The van der Waals surface area contributed by atoms with Crippen molar-refractivity contribution in [1.29, 1.82) is 0 Å². The Labute approximate surface area is 123 Å². The van der Waals surface area contributed by atoms with E-state index in [1.165, 1.54) is 19.3 Å². The van der Waals surface area contributed by atoms with Crippen molar-refractivity contribution in [2.24, 2.45) is 5.92 Å². The van der Waals surface area contributed by atoms with Crippen LogP contribution < -0.4 is 5.32 Å². The molecule has 1 saturated carbocycles. The number of nitrogens with one attached hydrogen (secondary N) is 1. The summed E-state index contributed by atoms with van der Waals surface area (Å²) in [5.74, 6) is 0.792. The summed E-state index contributed by atoms with van der Waals surface area (Å²) >= 11 is 6.39. The second-order valence-corrected chi connectivity index (χ2v) is 6.76. The fraction of sp³-hybridized carbons (Fsp3) is 0.600. The lowest BCUT2D eigenvalue weighted by Gasteiger charge is -2.13. The van der Waals surface area contributed by atoms with E-state index in [4.69, 9.17) is 11.6 Å². The van der Waals surface area contributed by atoms with Gasteiger partial charge < -0.3 is 9.88 Å². The molecule has 3 heterocycles. The van der Waals surface area contributed by atoms with Crippen LogP contribution in [0.15, 0.2) is 6.33 Å². The molecule has 20 heavy (non-hydrogen) atoms. The summed E-state index contributed by atoms with van der Waals surface area (Å²) in [6.07, 6.45) is 6.60. The van der Waals surface area contributed by atoms with Crippen LogP contribution in [0.25, 0.3) is 11.2 Å². The molecule has 1 aliphatic heterocycles. The molecule has 106 valence electrons. The van der Waals surface area contributed by atoms with E-state index in [2.05, 4.69) is 33.7 Å². The third kappa shape index (κ3) is 1.74. The lowest BCUT2D eigenvalue weighted by Crippen LogP contribution is -2.08. The molecule has 3 atom stereocenters. The highest BCUT2D eigenvalue weighted by atomic mass is 35.5. The molecule has 0 radical (unpaired) electrons. The maximum absolute atomic E-state index is 6.39. The molecule has 2 aliphatic rings. The second kappa shape index (κ2) is 4.35. The zero-order chi connectivity index (χ0) is 13.9. The van der Waals surface area contributed by atoms with E-state index in [0.29, 0.717) is 17.2 Å². The fourth-order valence-electron chi connectivity index (χ4n) is 3.69. The molecule has 0 amide bonds. The van der Waals surface area contributed by atoms with Crippen LogP contribution >= 0.6 is 11.6 Å². The van der Waals surface area contributed by atoms with Crippen LogP contribution in [-0.2, 0) is 6.42 Å². The van der Waals surface area contributed by atoms with Gasteiger partial charge in [-0.25, -0.2) is 9.97 Å². The van der Waals surface area contributed by atoms with E-state index in [9.17, 15) is 0 Å². The number of halogens is 1. The first kappa shape index (κ1) is 12.5. The molecule has 3 unspecified atom stereocenters. The second-order valence-electron chi connectivity index (χ2n) is 6.40. The van der Waals surface area contributed by atoms with Gasteiger partial charge in [0.1, 0.15) is 10.7 Å². The Morgan fingerprint density at radius 3 is 2.95 bits per heavy atom. The van der Waals surface area contributed by atoms with Crippen LogP contribution in [0.2, 0.25) is 5.15 Å². The summed E-state index contributed by atoms with van der Waals surface area (Å²) in [5.41, 5.74) is 4.14. The molecule has 0 saturated heterocycles. The normalized spacial score (nSPS) is 28.9. The zero-order valence-electron chi connectivity index (χ0n) is 11.9. The summed E-state index contributed by atoms with van der Waals surface area (Å²) in [6.45, 7) is 4.48. The first-order valence-corrected chi connectivity index (χ1v) is 7.82. The number of fused-ring (bicyclic) bond motifs is 3. The Kier molecular flexibility index (Phi) is 2.71. The Hall–Kier alpha value is -1.29. The van der Waals surface area contributed by atoms with Gasteiger partial charge in [0, 0.05) is 17.6 Å². The third-order valence-electron chi connectivity index (χ3n) is 4.72. The van der Waals surface area contributed by atoms with Gasteiger partial charge >= 0.3 is 0 Å². The highest BCUT2D eigenvalue weighted by molar-refractivity contribution is 6.31. The molecule has 1 aliphatic carbocycles. The highest BCUT2D eigenvalue weighted by Crippen LogP contribution is 2.40. The zero-order valence-corrected chi connectivity index (χ0v) is 12.6. The van der Waals surface area contributed by atoms with Gasteiger partial charge in [0.25, 0.3) is 0 Å². The Morgan fingerprint density at radius 1 is 1.35 bits per heavy atom. The maximum Gasteiger partial charge on any atom is 0.163 e. The van der Waals surface area contributed by atoms with Gasteiger partial charge in [-0.2, -0.15) is 0 Å². The lowest BCUT2D eigenvalue weighted by molar-refractivity contribution is 0.502. The summed E-state index contributed by atoms with van der Waals surface area (Å²) in [5, 5.41) is 4.13. The molecule has 1 N–H and O–H groups in total. The topological polar surface area (TPSA) is 42.7 Å². The predicted molar refractivity (Wildman–Crippen MR) is 81.4 cm³/mol. The van der Waals surface area contributed by atoms with E-state index in [-0.39, 0.29) is 0 Å². The van der Waals surface area contributed by atoms with E-state index in [1.54, 1.807) is 0 Å². The van der Waals surface area contributed by atoms with Crippen LogP contribution in [0.1, 0.15) is 44.7 Å². The van der Waals surface area contributed by atoms with Gasteiger partial charge in [0.2, 0.25) is 0 Å². The van der Waals surface area contributed by atoms with Crippen LogP contribution in [0.4, 0.5) is 5.69 Å². The minimum atomic E-state index is 0.409. The van der Waals surface area contributed by atoms with Gasteiger partial charge in [0.05, 0.1) is 12.0 Å². The number of hydrogen-bond donors (Lipinski definition) is 1. The van der Waals surface area contributed by atoms with Crippen molar-refractivity contribution in [1.82, 2.24) is 14.5 Å². The molecule has 0 bridgehead atoms. The number of nitrogens with zero attached hydrogens (tertiary/aromatic N) is 3. The van der Waals surface area contributed by atoms with Crippen molar-refractivity contribution in [2.75, 3.05) is 5.32 Å². The Bertz CT molecular complexity index is 678. The highest BCUT2D eigenvalue weighted by Gasteiger charge is 2.29. The van der Waals surface area contributed by atoms with Crippen LogP contribution in [0.5, 0.6) is 0 Å². The van der Waals surface area contributed by atoms with E-state index in [0.717, 1.165) is 34.8 Å². The van der Waals surface area contributed by atoms with Gasteiger partial charge in [-0.1, -0.05) is 18.5 Å². The van der Waals surface area contributed by atoms with Crippen molar-refractivity contribution in [2.45, 2.75) is 51.6 Å². The monoisotopic (exact) mass is 290 g/mol. The van der Waals surface area contributed by atoms with Crippen LogP contribution in [0.3, 0.4) is 0 Å². The average molecular weight is 291 g/mol. The smallest absolute Gasteiger partial charge is 0.163 e. The molecule has 0 spiro atoms. The lowest BCUT2D eigenvalue weighted by atomic mass is 10.1. The number of pyridine rings is 1. The molecule has 4 rings (SSSR count). The summed E-state index contributed by atoms with van der Waals surface area (Å²) in [4.78, 5) is 9.25. The molecule has 2 aromatic rings. The van der Waals surface area contributed by atoms with Crippen molar-refractivity contribution >= 4 is 28.5 Å². The Morgan fingerprint density at radius 2 is 2.20 bits per heavy atom. The van der Waals surface area contributed by atoms with Gasteiger partial charge in [-0.15, -0.1) is 0 Å². The van der Waals surface area contributed by atoms with E-state index >= 15 is 0 Å². The van der Waals surface area contributed by atoms with Crippen molar-refractivity contribution < 1.29 is 0 Å². The standard InChI is InChI=1S/C15H19ClN4/c1-8-3-4-10(5-8)20-7-17-13-12-11(6-9(2)18-12)14(16)19-15(13)20/h7-10,18H,3-6H2,1-2H3. The minimum Gasteiger partial charge on any atom is -0.380 e. The third-order valence-corrected chi connectivity index (χ3v) is 5.03. The Balaban J connectivity index is 1.86. The molecule has 0 aromatic carbocycles. The average Bonchev–Trinajstić information content (AvgIpc) is 3.07. The van der Waals surface area contributed by atoms with Crippen LogP contribution in [0, 0.1) is 5.92 Å². The van der Waals surface area contributed by atoms with E-state index in [1.807, 2.05) is 6.33 Å². The molecule has 4 nitrogen and oxygen atoms in total. The first-order chi connectivity index (χ1) is 9.63. The molecule has 5 heteroatoms. The summed E-state index contributed by atoms with van der Waals surface area (Å²) in [7, 11) is 0. The van der Waals surface area contributed by atoms with Crippen molar-refractivity contribution in [3.05, 3.63) is 17.0 Å². The number of aromatic nitrogens is 3. The SMILES string of the molecule is CC1CCC(n2cnc3c4c(c(Cl)nc32)CC(C)N4)C1. The van der Waals surface area contributed by atoms with Crippen LogP contribution in [-0.4, -0.2) is 20.6 Å². The van der Waals surface area contributed by atoms with E-state index < -0.39 is 0 Å². The van der Waals surface area contributed by atoms with Gasteiger partial charge in [-0.3, -0.25) is 0 Å². The molecular weight excluding hydrogens is 272 g/mol. The van der Waals surface area contributed by atoms with Crippen molar-refractivity contribution in [3.8, 4) is 0 Å². The summed E-state index contributed by atoms with van der Waals surface area (Å²) < 4.78 is 2.23. The predicted octanol–water partition coefficient (Wildman–Crippen LogP) is 3.80. The molecule has 1 fully saturated rings. The number of anilines is 1. The number of rotatable bonds is 1. The quantitative estimate of drug-likeness (QED) is 0.812. The first-order valence-electron chi connectivity index (χ1n) is 7.45. The maximum atomic E-state index is 6.39. The number of hydrogen-bond acceptors (Lipinski definition) is 3. The van der Waals surface area contributed by atoms with Gasteiger partial charge in [0.15, 0.2) is 5.65 Å². The largest absolute Gasteiger partial charge is 0.380 e. The number of imidazole rings is 1. The van der Waals surface area contributed by atoms with Crippen molar-refractivity contribution in [3.63, 3.8) is 0 Å². The summed E-state index contributed by atoms with van der Waals surface area (Å²) in [6, 6.07) is 0.932. The molecular formula is C15H19ClN4. The minimum absolute atomic E-state index is 0.409.